The zero-order valence-electron chi connectivity index (χ0n) is 10.9. The predicted octanol–water partition coefficient (Wildman–Crippen LogP) is 1.57. The number of amides is 2. The van der Waals surface area contributed by atoms with Gasteiger partial charge < -0.3 is 15.5 Å². The molecule has 0 aromatic heterocycles. The van der Waals surface area contributed by atoms with Gasteiger partial charge in [0.15, 0.2) is 0 Å². The highest BCUT2D eigenvalue weighted by molar-refractivity contribution is 5.74. The quantitative estimate of drug-likeness (QED) is 0.785. The standard InChI is InChI=1S/C13H25N3O/c1-11-4-3-9-16(10-11)13(17)15-8-6-12-5-2-7-14-12/h11-12,14H,2-10H2,1H3,(H,15,17)/t11?,12-/m1/s1. The van der Waals surface area contributed by atoms with Crippen molar-refractivity contribution in [1.82, 2.24) is 15.5 Å². The van der Waals surface area contributed by atoms with E-state index in [0.29, 0.717) is 12.0 Å². The molecule has 0 bridgehead atoms. The first-order valence-corrected chi connectivity index (χ1v) is 7.02. The van der Waals surface area contributed by atoms with Crippen molar-refractivity contribution in [2.24, 2.45) is 5.92 Å². The molecule has 2 atom stereocenters. The molecule has 0 aliphatic carbocycles. The van der Waals surface area contributed by atoms with Gasteiger partial charge >= 0.3 is 6.03 Å². The topological polar surface area (TPSA) is 44.4 Å². The van der Waals surface area contributed by atoms with Gasteiger partial charge in [-0.15, -0.1) is 0 Å². The molecule has 2 aliphatic heterocycles. The average Bonchev–Trinajstić information content (AvgIpc) is 2.82. The molecule has 98 valence electrons. The van der Waals surface area contributed by atoms with Crippen LogP contribution in [0.4, 0.5) is 4.79 Å². The molecule has 0 radical (unpaired) electrons. The minimum Gasteiger partial charge on any atom is -0.338 e. The molecule has 2 saturated heterocycles. The second-order valence-corrected chi connectivity index (χ2v) is 5.51. The number of hydrogen-bond acceptors (Lipinski definition) is 2. The van der Waals surface area contributed by atoms with Crippen molar-refractivity contribution in [3.63, 3.8) is 0 Å². The van der Waals surface area contributed by atoms with Gasteiger partial charge in [-0.25, -0.2) is 4.79 Å². The maximum Gasteiger partial charge on any atom is 0.317 e. The molecule has 2 N–H and O–H groups in total. The first-order valence-electron chi connectivity index (χ1n) is 7.02. The van der Waals surface area contributed by atoms with Crippen LogP contribution in [0.15, 0.2) is 0 Å². The van der Waals surface area contributed by atoms with Gasteiger partial charge in [-0.2, -0.15) is 0 Å². The molecule has 0 aromatic carbocycles. The highest BCUT2D eigenvalue weighted by atomic mass is 16.2. The summed E-state index contributed by atoms with van der Waals surface area (Å²) >= 11 is 0. The number of nitrogens with zero attached hydrogens (tertiary/aromatic N) is 1. The molecule has 4 heteroatoms. The molecule has 17 heavy (non-hydrogen) atoms. The van der Waals surface area contributed by atoms with Crippen LogP contribution in [-0.2, 0) is 0 Å². The van der Waals surface area contributed by atoms with Crippen LogP contribution in [-0.4, -0.2) is 43.2 Å². The van der Waals surface area contributed by atoms with E-state index in [1.54, 1.807) is 0 Å². The van der Waals surface area contributed by atoms with Gasteiger partial charge in [-0.1, -0.05) is 6.92 Å². The SMILES string of the molecule is CC1CCCN(C(=O)NCC[C@H]2CCCN2)C1. The first kappa shape index (κ1) is 12.7. The average molecular weight is 239 g/mol. The van der Waals surface area contributed by atoms with Crippen molar-refractivity contribution in [3.8, 4) is 0 Å². The lowest BCUT2D eigenvalue weighted by Gasteiger charge is -2.31. The number of rotatable bonds is 3. The normalized spacial score (nSPS) is 29.4. The molecule has 4 nitrogen and oxygen atoms in total. The number of carbonyl (C=O) groups excluding carboxylic acids is 1. The summed E-state index contributed by atoms with van der Waals surface area (Å²) < 4.78 is 0. The Labute approximate surface area is 104 Å². The van der Waals surface area contributed by atoms with Gasteiger partial charge in [-0.3, -0.25) is 0 Å². The van der Waals surface area contributed by atoms with Gasteiger partial charge in [0.2, 0.25) is 0 Å². The van der Waals surface area contributed by atoms with Crippen molar-refractivity contribution in [2.75, 3.05) is 26.2 Å². The highest BCUT2D eigenvalue weighted by Crippen LogP contribution is 2.15. The first-order chi connectivity index (χ1) is 8.25. The van der Waals surface area contributed by atoms with Crippen LogP contribution in [0.2, 0.25) is 0 Å². The molecule has 2 fully saturated rings. The summed E-state index contributed by atoms with van der Waals surface area (Å²) in [6, 6.07) is 0.755. The molecule has 2 heterocycles. The lowest BCUT2D eigenvalue weighted by Crippen LogP contribution is -2.45. The van der Waals surface area contributed by atoms with Crippen LogP contribution in [0.3, 0.4) is 0 Å². The Morgan fingerprint density at radius 2 is 2.29 bits per heavy atom. The molecule has 2 amide bonds. The number of likely N-dealkylation sites (tertiary alicyclic amines) is 1. The monoisotopic (exact) mass is 239 g/mol. The van der Waals surface area contributed by atoms with E-state index >= 15 is 0 Å². The van der Waals surface area contributed by atoms with Crippen LogP contribution < -0.4 is 10.6 Å². The van der Waals surface area contributed by atoms with E-state index in [1.165, 1.54) is 19.3 Å². The van der Waals surface area contributed by atoms with Crippen molar-refractivity contribution in [3.05, 3.63) is 0 Å². The Morgan fingerprint density at radius 3 is 3.00 bits per heavy atom. The smallest absolute Gasteiger partial charge is 0.317 e. The minimum absolute atomic E-state index is 0.134. The Balaban J connectivity index is 1.62. The molecule has 0 spiro atoms. The summed E-state index contributed by atoms with van der Waals surface area (Å²) in [5, 5.41) is 6.50. The molecule has 0 aromatic rings. The molecular weight excluding hydrogens is 214 g/mol. The number of hydrogen-bond donors (Lipinski definition) is 2. The van der Waals surface area contributed by atoms with Crippen LogP contribution in [0.5, 0.6) is 0 Å². The number of nitrogens with one attached hydrogen (secondary N) is 2. The van der Waals surface area contributed by atoms with E-state index in [0.717, 1.165) is 39.0 Å². The van der Waals surface area contributed by atoms with Gasteiger partial charge in [0.05, 0.1) is 0 Å². The van der Waals surface area contributed by atoms with E-state index in [1.807, 2.05) is 4.90 Å². The summed E-state index contributed by atoms with van der Waals surface area (Å²) in [5.41, 5.74) is 0. The third-order valence-corrected chi connectivity index (χ3v) is 3.88. The summed E-state index contributed by atoms with van der Waals surface area (Å²) in [6.07, 6.45) is 6.02. The zero-order valence-corrected chi connectivity index (χ0v) is 10.9. The second-order valence-electron chi connectivity index (χ2n) is 5.51. The molecule has 0 saturated carbocycles. The van der Waals surface area contributed by atoms with E-state index in [2.05, 4.69) is 17.6 Å². The largest absolute Gasteiger partial charge is 0.338 e. The van der Waals surface area contributed by atoms with Crippen molar-refractivity contribution >= 4 is 6.03 Å². The van der Waals surface area contributed by atoms with Gasteiger partial charge in [0, 0.05) is 25.7 Å². The molecular formula is C13H25N3O. The third-order valence-electron chi connectivity index (χ3n) is 3.88. The molecule has 2 aliphatic rings. The predicted molar refractivity (Wildman–Crippen MR) is 69.0 cm³/mol. The lowest BCUT2D eigenvalue weighted by atomic mass is 10.0. The summed E-state index contributed by atoms with van der Waals surface area (Å²) in [7, 11) is 0. The van der Waals surface area contributed by atoms with E-state index < -0.39 is 0 Å². The van der Waals surface area contributed by atoms with Crippen molar-refractivity contribution in [1.29, 1.82) is 0 Å². The Bertz CT molecular complexity index is 251. The minimum atomic E-state index is 0.134. The Hall–Kier alpha value is -0.770. The summed E-state index contributed by atoms with van der Waals surface area (Å²) in [5.74, 6) is 0.658. The fourth-order valence-corrected chi connectivity index (χ4v) is 2.84. The molecule has 1 unspecified atom stereocenters. The maximum atomic E-state index is 11.9. The fourth-order valence-electron chi connectivity index (χ4n) is 2.84. The third kappa shape index (κ3) is 3.87. The summed E-state index contributed by atoms with van der Waals surface area (Å²) in [6.45, 7) is 6.02. The highest BCUT2D eigenvalue weighted by Gasteiger charge is 2.21. The van der Waals surface area contributed by atoms with Crippen LogP contribution >= 0.6 is 0 Å². The van der Waals surface area contributed by atoms with Gasteiger partial charge in [0.1, 0.15) is 0 Å². The number of urea groups is 1. The van der Waals surface area contributed by atoms with Crippen molar-refractivity contribution in [2.45, 2.75) is 45.1 Å². The summed E-state index contributed by atoms with van der Waals surface area (Å²) in [4.78, 5) is 13.9. The molecule has 2 rings (SSSR count). The van der Waals surface area contributed by atoms with Crippen LogP contribution in [0.25, 0.3) is 0 Å². The second kappa shape index (κ2) is 6.24. The van der Waals surface area contributed by atoms with Gasteiger partial charge in [0.25, 0.3) is 0 Å². The van der Waals surface area contributed by atoms with E-state index in [4.69, 9.17) is 0 Å². The van der Waals surface area contributed by atoms with Crippen molar-refractivity contribution < 1.29 is 4.79 Å². The van der Waals surface area contributed by atoms with E-state index in [-0.39, 0.29) is 6.03 Å². The van der Waals surface area contributed by atoms with E-state index in [9.17, 15) is 4.79 Å². The lowest BCUT2D eigenvalue weighted by molar-refractivity contribution is 0.169. The van der Waals surface area contributed by atoms with Crippen LogP contribution in [0.1, 0.15) is 39.0 Å². The fraction of sp³-hybridized carbons (Fsp3) is 0.923. The van der Waals surface area contributed by atoms with Crippen LogP contribution in [0, 0.1) is 5.92 Å². The number of piperidine rings is 1. The van der Waals surface area contributed by atoms with Gasteiger partial charge in [-0.05, 0) is 44.6 Å². The maximum absolute atomic E-state index is 11.9. The zero-order chi connectivity index (χ0) is 12.1. The Kier molecular flexibility index (Phi) is 4.66. The Morgan fingerprint density at radius 1 is 1.41 bits per heavy atom. The number of carbonyl (C=O) groups is 1.